The molecule has 38 heavy (non-hydrogen) atoms. The maximum absolute atomic E-state index is 12.9. The number of anilines is 1. The predicted molar refractivity (Wildman–Crippen MR) is 134 cm³/mol. The summed E-state index contributed by atoms with van der Waals surface area (Å²) in [6.45, 7) is 4.09. The van der Waals surface area contributed by atoms with Crippen LogP contribution in [0.15, 0.2) is 47.4 Å². The van der Waals surface area contributed by atoms with Gasteiger partial charge in [-0.05, 0) is 25.5 Å². The predicted octanol–water partition coefficient (Wildman–Crippen LogP) is 3.70. The second kappa shape index (κ2) is 12.1. The number of hydrogen-bond donors (Lipinski definition) is 1. The van der Waals surface area contributed by atoms with Gasteiger partial charge in [0.1, 0.15) is 23.3 Å². The van der Waals surface area contributed by atoms with Gasteiger partial charge in [0.25, 0.3) is 11.8 Å². The summed E-state index contributed by atoms with van der Waals surface area (Å²) in [7, 11) is 3.33. The van der Waals surface area contributed by atoms with Crippen LogP contribution < -0.4 is 14.8 Å². The molecule has 0 aliphatic heterocycles. The van der Waals surface area contributed by atoms with Crippen LogP contribution in [-0.4, -0.2) is 61.4 Å². The largest absolute Gasteiger partial charge is 0.488 e. The van der Waals surface area contributed by atoms with Crippen LogP contribution in [0.1, 0.15) is 47.7 Å². The Morgan fingerprint density at radius 3 is 2.66 bits per heavy atom. The monoisotopic (exact) mass is 521 g/mol. The lowest BCUT2D eigenvalue weighted by atomic mass is 10.2. The third-order valence-electron chi connectivity index (χ3n) is 5.06. The fraction of sp³-hybridized carbons (Fsp3) is 0.320. The molecule has 0 radical (unpaired) electrons. The number of amides is 1. The van der Waals surface area contributed by atoms with Gasteiger partial charge >= 0.3 is 0 Å². The van der Waals surface area contributed by atoms with Gasteiger partial charge < -0.3 is 24.1 Å². The summed E-state index contributed by atoms with van der Waals surface area (Å²) in [6.07, 6.45) is 5.19. The molecule has 0 spiro atoms. The summed E-state index contributed by atoms with van der Waals surface area (Å²) < 4.78 is 23.6. The van der Waals surface area contributed by atoms with Crippen molar-refractivity contribution < 1.29 is 28.3 Å². The molecular formula is C25H27N7O6. The maximum Gasteiger partial charge on any atom is 0.278 e. The van der Waals surface area contributed by atoms with Gasteiger partial charge in [-0.1, -0.05) is 12.1 Å². The van der Waals surface area contributed by atoms with E-state index < -0.39 is 5.91 Å². The Balaban J connectivity index is 1.53. The van der Waals surface area contributed by atoms with Gasteiger partial charge in [-0.25, -0.2) is 9.97 Å². The quantitative estimate of drug-likeness (QED) is 0.271. The first-order valence-electron chi connectivity index (χ1n) is 11.8. The molecule has 1 amide bonds. The molecule has 0 unspecified atom stereocenters. The molecule has 0 bridgehead atoms. The SMILES string of the molecule is CCCC(=O)c1noc(-c2cnc(Oc3cc(O[C@@H](C)COC)cc(C(=O)Nc4ccn(C)n4)c3)cn2)n1. The first-order chi connectivity index (χ1) is 18.3. The Kier molecular flexibility index (Phi) is 8.38. The molecule has 3 heterocycles. The zero-order chi connectivity index (χ0) is 27.1. The number of carbonyl (C=O) groups excluding carboxylic acids is 2. The van der Waals surface area contributed by atoms with Crippen molar-refractivity contribution in [1.82, 2.24) is 29.9 Å². The van der Waals surface area contributed by atoms with Crippen molar-refractivity contribution in [2.45, 2.75) is 32.8 Å². The third kappa shape index (κ3) is 6.76. The van der Waals surface area contributed by atoms with E-state index in [2.05, 4.69) is 30.5 Å². The number of methoxy groups -OCH3 is 1. The fourth-order valence-electron chi connectivity index (χ4n) is 3.38. The summed E-state index contributed by atoms with van der Waals surface area (Å²) in [5, 5.41) is 10.6. The van der Waals surface area contributed by atoms with Crippen molar-refractivity contribution in [3.05, 3.63) is 54.2 Å². The first kappa shape index (κ1) is 26.4. The summed E-state index contributed by atoms with van der Waals surface area (Å²) in [5.41, 5.74) is 0.564. The lowest BCUT2D eigenvalue weighted by Gasteiger charge is -2.16. The molecule has 4 aromatic rings. The van der Waals surface area contributed by atoms with Gasteiger partial charge in [0.15, 0.2) is 5.82 Å². The first-order valence-corrected chi connectivity index (χ1v) is 11.8. The lowest BCUT2D eigenvalue weighted by Crippen LogP contribution is -2.18. The van der Waals surface area contributed by atoms with Gasteiger partial charge in [0.2, 0.25) is 17.5 Å². The van der Waals surface area contributed by atoms with E-state index in [-0.39, 0.29) is 40.7 Å². The number of nitrogens with zero attached hydrogens (tertiary/aromatic N) is 6. The van der Waals surface area contributed by atoms with E-state index in [1.165, 1.54) is 12.4 Å². The van der Waals surface area contributed by atoms with Gasteiger partial charge in [-0.15, -0.1) is 0 Å². The highest BCUT2D eigenvalue weighted by atomic mass is 16.5. The van der Waals surface area contributed by atoms with Crippen molar-refractivity contribution in [1.29, 1.82) is 0 Å². The van der Waals surface area contributed by atoms with E-state index in [0.717, 1.165) is 0 Å². The van der Waals surface area contributed by atoms with Crippen molar-refractivity contribution in [2.75, 3.05) is 19.0 Å². The van der Waals surface area contributed by atoms with E-state index in [0.29, 0.717) is 36.8 Å². The molecular weight excluding hydrogens is 494 g/mol. The molecule has 13 heteroatoms. The number of Topliss-reactive ketones (excluding diaryl/α,β-unsaturated/α-hetero) is 1. The zero-order valence-corrected chi connectivity index (χ0v) is 21.4. The molecule has 3 aromatic heterocycles. The topological polar surface area (TPSA) is 156 Å². The van der Waals surface area contributed by atoms with E-state index >= 15 is 0 Å². The van der Waals surface area contributed by atoms with E-state index in [1.807, 2.05) is 13.8 Å². The number of benzene rings is 1. The third-order valence-corrected chi connectivity index (χ3v) is 5.06. The standard InChI is InChI=1S/C25H27N7O6/c1-5-6-20(33)23-29-25(38-31-23)19-12-27-22(13-26-19)37-18-10-16(9-17(11-18)36-15(2)14-35-4)24(34)28-21-7-8-32(3)30-21/h7-13,15H,5-6,14H2,1-4H3,(H,28,30,34)/t15-/m0/s1. The summed E-state index contributed by atoms with van der Waals surface area (Å²) in [4.78, 5) is 37.4. The Hall–Kier alpha value is -4.65. The average molecular weight is 522 g/mol. The second-order valence-electron chi connectivity index (χ2n) is 8.34. The van der Waals surface area contributed by atoms with Crippen molar-refractivity contribution in [2.24, 2.45) is 7.05 Å². The van der Waals surface area contributed by atoms with E-state index in [9.17, 15) is 9.59 Å². The van der Waals surface area contributed by atoms with Gasteiger partial charge in [-0.3, -0.25) is 14.3 Å². The van der Waals surface area contributed by atoms with Gasteiger partial charge in [-0.2, -0.15) is 10.1 Å². The molecule has 0 aliphatic carbocycles. The number of rotatable bonds is 12. The Morgan fingerprint density at radius 2 is 1.97 bits per heavy atom. The second-order valence-corrected chi connectivity index (χ2v) is 8.34. The highest BCUT2D eigenvalue weighted by Crippen LogP contribution is 2.28. The van der Waals surface area contributed by atoms with Gasteiger partial charge in [0.05, 0.1) is 19.0 Å². The molecule has 1 aromatic carbocycles. The number of ether oxygens (including phenoxy) is 3. The number of carbonyl (C=O) groups is 2. The fourth-order valence-corrected chi connectivity index (χ4v) is 3.38. The number of aryl methyl sites for hydroxylation is 1. The van der Waals surface area contributed by atoms with Crippen molar-refractivity contribution in [3.8, 4) is 29.0 Å². The number of ketones is 1. The smallest absolute Gasteiger partial charge is 0.278 e. The Labute approximate surface area is 218 Å². The van der Waals surface area contributed by atoms with Crippen LogP contribution in [0.4, 0.5) is 5.82 Å². The molecule has 13 nitrogen and oxygen atoms in total. The van der Waals surface area contributed by atoms with Crippen LogP contribution in [0.3, 0.4) is 0 Å². The lowest BCUT2D eigenvalue weighted by molar-refractivity contribution is 0.0915. The molecule has 198 valence electrons. The normalized spacial score (nSPS) is 11.7. The molecule has 0 aliphatic rings. The van der Waals surface area contributed by atoms with E-state index in [4.69, 9.17) is 18.7 Å². The van der Waals surface area contributed by atoms with Crippen LogP contribution in [0, 0.1) is 0 Å². The summed E-state index contributed by atoms with van der Waals surface area (Å²) >= 11 is 0. The highest BCUT2D eigenvalue weighted by molar-refractivity contribution is 6.04. The van der Waals surface area contributed by atoms with Crippen molar-refractivity contribution in [3.63, 3.8) is 0 Å². The average Bonchev–Trinajstić information content (AvgIpc) is 3.54. The van der Waals surface area contributed by atoms with Crippen LogP contribution in [0.2, 0.25) is 0 Å². The summed E-state index contributed by atoms with van der Waals surface area (Å²) in [5.74, 6) is 0.711. The maximum atomic E-state index is 12.9. The van der Waals surface area contributed by atoms with Crippen LogP contribution >= 0.6 is 0 Å². The number of hydrogen-bond acceptors (Lipinski definition) is 11. The zero-order valence-electron chi connectivity index (χ0n) is 21.4. The Morgan fingerprint density at radius 1 is 1.16 bits per heavy atom. The highest BCUT2D eigenvalue weighted by Gasteiger charge is 2.17. The van der Waals surface area contributed by atoms with Crippen molar-refractivity contribution >= 4 is 17.5 Å². The minimum absolute atomic E-state index is 0.00000148. The number of aromatic nitrogens is 6. The summed E-state index contributed by atoms with van der Waals surface area (Å²) in [6, 6.07) is 6.45. The molecule has 1 N–H and O–H groups in total. The minimum atomic E-state index is -0.398. The Bertz CT molecular complexity index is 1400. The van der Waals surface area contributed by atoms with Crippen LogP contribution in [0.25, 0.3) is 11.6 Å². The van der Waals surface area contributed by atoms with Crippen LogP contribution in [0.5, 0.6) is 17.4 Å². The molecule has 1 atom stereocenters. The molecule has 0 saturated heterocycles. The van der Waals surface area contributed by atoms with E-state index in [1.54, 1.807) is 49.3 Å². The molecule has 0 fully saturated rings. The van der Waals surface area contributed by atoms with Gasteiger partial charge in [0, 0.05) is 44.5 Å². The molecule has 0 saturated carbocycles. The minimum Gasteiger partial charge on any atom is -0.488 e. The number of nitrogens with one attached hydrogen (secondary N) is 1. The molecule has 4 rings (SSSR count). The van der Waals surface area contributed by atoms with Crippen LogP contribution in [-0.2, 0) is 11.8 Å².